The summed E-state index contributed by atoms with van der Waals surface area (Å²) in [5.74, 6) is 1.79. The minimum absolute atomic E-state index is 0.772. The summed E-state index contributed by atoms with van der Waals surface area (Å²) in [7, 11) is 0. The van der Waals surface area contributed by atoms with E-state index in [0.717, 1.165) is 17.3 Å². The second kappa shape index (κ2) is 5.50. The molecule has 0 aromatic heterocycles. The smallest absolute Gasteiger partial charge is 0.00248 e. The molecule has 0 amide bonds. The van der Waals surface area contributed by atoms with Crippen LogP contribution in [0.1, 0.15) is 51.9 Å². The zero-order chi connectivity index (χ0) is 12.4. The number of piperidine rings is 1. The lowest BCUT2D eigenvalue weighted by Crippen LogP contribution is -2.43. The highest BCUT2D eigenvalue weighted by atomic mass is 15.1. The molecule has 1 spiro atoms. The highest BCUT2D eigenvalue weighted by Gasteiger charge is 2.36. The SMILES string of the molecule is CC1CNCC1CN1CCC2(CCCCC2)CC1. The molecule has 2 aliphatic heterocycles. The fraction of sp³-hybridized carbons (Fsp3) is 1.00. The summed E-state index contributed by atoms with van der Waals surface area (Å²) in [6.07, 6.45) is 10.5. The van der Waals surface area contributed by atoms with Gasteiger partial charge in [-0.15, -0.1) is 0 Å². The molecule has 3 fully saturated rings. The van der Waals surface area contributed by atoms with E-state index in [4.69, 9.17) is 0 Å². The molecule has 1 aliphatic carbocycles. The highest BCUT2D eigenvalue weighted by Crippen LogP contribution is 2.44. The van der Waals surface area contributed by atoms with Crippen LogP contribution < -0.4 is 5.32 Å². The minimum Gasteiger partial charge on any atom is -0.316 e. The van der Waals surface area contributed by atoms with Crippen molar-refractivity contribution in [3.05, 3.63) is 0 Å². The van der Waals surface area contributed by atoms with Gasteiger partial charge in [-0.2, -0.15) is 0 Å². The molecule has 104 valence electrons. The van der Waals surface area contributed by atoms with Crippen molar-refractivity contribution in [2.45, 2.75) is 51.9 Å². The zero-order valence-electron chi connectivity index (χ0n) is 12.1. The zero-order valence-corrected chi connectivity index (χ0v) is 12.1. The molecule has 3 aliphatic rings. The average molecular weight is 250 g/mol. The maximum Gasteiger partial charge on any atom is 0.00248 e. The third-order valence-electron chi connectivity index (χ3n) is 6.00. The number of hydrogen-bond donors (Lipinski definition) is 1. The van der Waals surface area contributed by atoms with Gasteiger partial charge < -0.3 is 10.2 Å². The van der Waals surface area contributed by atoms with E-state index in [0.29, 0.717) is 0 Å². The molecule has 0 aromatic rings. The summed E-state index contributed by atoms with van der Waals surface area (Å²) in [5.41, 5.74) is 0.772. The van der Waals surface area contributed by atoms with Crippen molar-refractivity contribution in [3.8, 4) is 0 Å². The van der Waals surface area contributed by atoms with Crippen LogP contribution in [0, 0.1) is 17.3 Å². The first-order valence-corrected chi connectivity index (χ1v) is 8.21. The van der Waals surface area contributed by atoms with Gasteiger partial charge in [0.1, 0.15) is 0 Å². The standard InChI is InChI=1S/C16H30N2/c1-14-11-17-12-15(14)13-18-9-7-16(8-10-18)5-3-2-4-6-16/h14-15,17H,2-13H2,1H3. The van der Waals surface area contributed by atoms with Crippen LogP contribution in [0.4, 0.5) is 0 Å². The first-order chi connectivity index (χ1) is 8.77. The molecule has 0 radical (unpaired) electrons. The summed E-state index contributed by atoms with van der Waals surface area (Å²) in [4.78, 5) is 2.76. The predicted molar refractivity (Wildman–Crippen MR) is 76.7 cm³/mol. The Morgan fingerprint density at radius 1 is 1.00 bits per heavy atom. The van der Waals surface area contributed by atoms with E-state index in [9.17, 15) is 0 Å². The fourth-order valence-electron chi connectivity index (χ4n) is 4.45. The Balaban J connectivity index is 1.47. The number of likely N-dealkylation sites (tertiary alicyclic amines) is 1. The molecule has 3 rings (SSSR count). The lowest BCUT2D eigenvalue weighted by Gasteiger charge is -2.45. The van der Waals surface area contributed by atoms with Gasteiger partial charge >= 0.3 is 0 Å². The van der Waals surface area contributed by atoms with Gasteiger partial charge in [-0.25, -0.2) is 0 Å². The molecule has 2 heterocycles. The first-order valence-electron chi connectivity index (χ1n) is 8.21. The fourth-order valence-corrected chi connectivity index (χ4v) is 4.45. The number of rotatable bonds is 2. The second-order valence-electron chi connectivity index (χ2n) is 7.26. The van der Waals surface area contributed by atoms with Crippen LogP contribution in [0.3, 0.4) is 0 Å². The molecule has 18 heavy (non-hydrogen) atoms. The molecular formula is C16H30N2. The maximum atomic E-state index is 3.54. The molecule has 1 N–H and O–H groups in total. The third kappa shape index (κ3) is 2.75. The van der Waals surface area contributed by atoms with Crippen LogP contribution in [0.25, 0.3) is 0 Å². The average Bonchev–Trinajstić information content (AvgIpc) is 2.79. The molecule has 2 saturated heterocycles. The Morgan fingerprint density at radius 2 is 1.72 bits per heavy atom. The van der Waals surface area contributed by atoms with Gasteiger partial charge in [-0.3, -0.25) is 0 Å². The molecule has 0 bridgehead atoms. The second-order valence-corrected chi connectivity index (χ2v) is 7.26. The molecule has 2 nitrogen and oxygen atoms in total. The van der Waals surface area contributed by atoms with E-state index in [1.54, 1.807) is 0 Å². The van der Waals surface area contributed by atoms with Gasteiger partial charge in [0.05, 0.1) is 0 Å². The monoisotopic (exact) mass is 250 g/mol. The van der Waals surface area contributed by atoms with Crippen LogP contribution in [-0.2, 0) is 0 Å². The molecule has 2 atom stereocenters. The van der Waals surface area contributed by atoms with E-state index in [1.807, 2.05) is 0 Å². The normalized spacial score (nSPS) is 37.2. The van der Waals surface area contributed by atoms with Gasteiger partial charge in [0.25, 0.3) is 0 Å². The van der Waals surface area contributed by atoms with Gasteiger partial charge in [0, 0.05) is 6.54 Å². The molecule has 2 heteroatoms. The Labute approximate surface area is 113 Å². The summed E-state index contributed by atoms with van der Waals surface area (Å²) >= 11 is 0. The van der Waals surface area contributed by atoms with Crippen molar-refractivity contribution in [1.82, 2.24) is 10.2 Å². The summed E-state index contributed by atoms with van der Waals surface area (Å²) in [6, 6.07) is 0. The quantitative estimate of drug-likeness (QED) is 0.810. The third-order valence-corrected chi connectivity index (χ3v) is 6.00. The lowest BCUT2D eigenvalue weighted by atomic mass is 9.68. The van der Waals surface area contributed by atoms with E-state index >= 15 is 0 Å². The van der Waals surface area contributed by atoms with E-state index < -0.39 is 0 Å². The van der Waals surface area contributed by atoms with Crippen LogP contribution in [0.5, 0.6) is 0 Å². The minimum atomic E-state index is 0.772. The molecule has 2 unspecified atom stereocenters. The van der Waals surface area contributed by atoms with Crippen molar-refractivity contribution in [2.75, 3.05) is 32.7 Å². The summed E-state index contributed by atoms with van der Waals surface area (Å²) in [6.45, 7) is 9.01. The summed E-state index contributed by atoms with van der Waals surface area (Å²) in [5, 5.41) is 3.54. The van der Waals surface area contributed by atoms with Crippen LogP contribution in [-0.4, -0.2) is 37.6 Å². The number of nitrogens with zero attached hydrogens (tertiary/aromatic N) is 1. The number of hydrogen-bond acceptors (Lipinski definition) is 2. The van der Waals surface area contributed by atoms with Crippen LogP contribution >= 0.6 is 0 Å². The van der Waals surface area contributed by atoms with Crippen LogP contribution in [0.2, 0.25) is 0 Å². The van der Waals surface area contributed by atoms with Gasteiger partial charge in [-0.05, 0) is 69.1 Å². The van der Waals surface area contributed by atoms with Crippen molar-refractivity contribution in [2.24, 2.45) is 17.3 Å². The Bertz CT molecular complexity index is 260. The van der Waals surface area contributed by atoms with E-state index in [-0.39, 0.29) is 0 Å². The largest absolute Gasteiger partial charge is 0.316 e. The van der Waals surface area contributed by atoms with Crippen molar-refractivity contribution < 1.29 is 0 Å². The molecule has 1 saturated carbocycles. The number of nitrogens with one attached hydrogen (secondary N) is 1. The Hall–Kier alpha value is -0.0800. The van der Waals surface area contributed by atoms with E-state index in [2.05, 4.69) is 17.1 Å². The Kier molecular flexibility index (Phi) is 3.95. The van der Waals surface area contributed by atoms with E-state index in [1.165, 1.54) is 77.7 Å². The van der Waals surface area contributed by atoms with Gasteiger partial charge in [0.15, 0.2) is 0 Å². The molecular weight excluding hydrogens is 220 g/mol. The molecule has 0 aromatic carbocycles. The van der Waals surface area contributed by atoms with Crippen molar-refractivity contribution >= 4 is 0 Å². The predicted octanol–water partition coefficient (Wildman–Crippen LogP) is 2.89. The Morgan fingerprint density at radius 3 is 2.33 bits per heavy atom. The maximum absolute atomic E-state index is 3.54. The van der Waals surface area contributed by atoms with Crippen molar-refractivity contribution in [1.29, 1.82) is 0 Å². The van der Waals surface area contributed by atoms with Crippen molar-refractivity contribution in [3.63, 3.8) is 0 Å². The highest BCUT2D eigenvalue weighted by molar-refractivity contribution is 4.90. The van der Waals surface area contributed by atoms with Gasteiger partial charge in [0.2, 0.25) is 0 Å². The van der Waals surface area contributed by atoms with Crippen LogP contribution in [0.15, 0.2) is 0 Å². The summed E-state index contributed by atoms with van der Waals surface area (Å²) < 4.78 is 0. The lowest BCUT2D eigenvalue weighted by molar-refractivity contribution is 0.0583. The topological polar surface area (TPSA) is 15.3 Å². The van der Waals surface area contributed by atoms with Gasteiger partial charge in [-0.1, -0.05) is 26.2 Å². The first kappa shape index (κ1) is 12.9.